The second-order valence-electron chi connectivity index (χ2n) is 3.55. The highest BCUT2D eigenvalue weighted by Gasteiger charge is 2.58. The van der Waals surface area contributed by atoms with Crippen LogP contribution in [-0.2, 0) is 28.4 Å². The van der Waals surface area contributed by atoms with Gasteiger partial charge in [-0.25, -0.2) is 14.4 Å². The van der Waals surface area contributed by atoms with Crippen LogP contribution in [0, 0.1) is 0 Å². The van der Waals surface area contributed by atoms with E-state index in [0.29, 0.717) is 0 Å². The molecule has 18 heavy (non-hydrogen) atoms. The molecule has 3 unspecified atom stereocenters. The summed E-state index contributed by atoms with van der Waals surface area (Å²) in [4.78, 5) is 32.8. The van der Waals surface area contributed by atoms with E-state index >= 15 is 0 Å². The van der Waals surface area contributed by atoms with Gasteiger partial charge in [0.1, 0.15) is 0 Å². The highest BCUT2D eigenvalue weighted by molar-refractivity contribution is 5.68. The lowest BCUT2D eigenvalue weighted by molar-refractivity contribution is -0.163. The van der Waals surface area contributed by atoms with Crippen LogP contribution in [0.1, 0.15) is 0 Å². The third-order valence-corrected chi connectivity index (χ3v) is 2.40. The Hall–Kier alpha value is -2.45. The van der Waals surface area contributed by atoms with Crippen LogP contribution in [-0.4, -0.2) is 43.3 Å². The fraction of sp³-hybridized carbons (Fsp3) is 0.444. The SMILES string of the molecule is O=C1OCC(OC(=O)OC23C=CC2OC(=O)O3)O1. The second kappa shape index (κ2) is 3.52. The number of carbonyl (C=O) groups is 3. The molecule has 3 atom stereocenters. The fourth-order valence-electron chi connectivity index (χ4n) is 1.55. The zero-order chi connectivity index (χ0) is 12.8. The summed E-state index contributed by atoms with van der Waals surface area (Å²) in [6, 6.07) is 0. The van der Waals surface area contributed by atoms with Crippen LogP contribution in [0.25, 0.3) is 0 Å². The highest BCUT2D eigenvalue weighted by atomic mass is 16.9. The molecule has 0 saturated carbocycles. The molecule has 0 radical (unpaired) electrons. The molecule has 2 aliphatic heterocycles. The van der Waals surface area contributed by atoms with Gasteiger partial charge in [-0.1, -0.05) is 0 Å². The Kier molecular flexibility index (Phi) is 2.09. The van der Waals surface area contributed by atoms with Crippen molar-refractivity contribution in [3.05, 3.63) is 12.2 Å². The summed E-state index contributed by atoms with van der Waals surface area (Å²) >= 11 is 0. The van der Waals surface area contributed by atoms with Crippen molar-refractivity contribution >= 4 is 18.5 Å². The number of hydrogen-bond acceptors (Lipinski definition) is 9. The normalized spacial score (nSPS) is 35.6. The largest absolute Gasteiger partial charge is 0.515 e. The molecule has 2 saturated heterocycles. The predicted octanol–water partition coefficient (Wildman–Crippen LogP) is 0.434. The molecule has 96 valence electrons. The molecular formula is C9H6O9. The van der Waals surface area contributed by atoms with E-state index in [9.17, 15) is 14.4 Å². The average molecular weight is 258 g/mol. The van der Waals surface area contributed by atoms with Crippen molar-refractivity contribution in [2.45, 2.75) is 18.2 Å². The van der Waals surface area contributed by atoms with Crippen molar-refractivity contribution < 1.29 is 42.8 Å². The lowest BCUT2D eigenvalue weighted by Gasteiger charge is -2.30. The Bertz CT molecular complexity index is 455. The third kappa shape index (κ3) is 1.60. The monoisotopic (exact) mass is 258 g/mol. The first kappa shape index (κ1) is 10.7. The maximum Gasteiger partial charge on any atom is 0.515 e. The molecule has 0 aromatic heterocycles. The Morgan fingerprint density at radius 2 is 2.17 bits per heavy atom. The zero-order valence-corrected chi connectivity index (χ0v) is 8.69. The van der Waals surface area contributed by atoms with Gasteiger partial charge in [-0.2, -0.15) is 0 Å². The molecule has 0 spiro atoms. The van der Waals surface area contributed by atoms with Crippen molar-refractivity contribution in [3.63, 3.8) is 0 Å². The summed E-state index contributed by atoms with van der Waals surface area (Å²) in [7, 11) is 0. The van der Waals surface area contributed by atoms with Crippen molar-refractivity contribution in [2.24, 2.45) is 0 Å². The molecular weight excluding hydrogens is 252 g/mol. The molecule has 2 heterocycles. The second-order valence-corrected chi connectivity index (χ2v) is 3.55. The van der Waals surface area contributed by atoms with Gasteiger partial charge in [0.25, 0.3) is 6.29 Å². The van der Waals surface area contributed by atoms with E-state index in [1.165, 1.54) is 12.2 Å². The third-order valence-electron chi connectivity index (χ3n) is 2.40. The van der Waals surface area contributed by atoms with Crippen LogP contribution >= 0.6 is 0 Å². The molecule has 0 amide bonds. The van der Waals surface area contributed by atoms with Gasteiger partial charge < -0.3 is 28.4 Å². The standard InChI is InChI=1S/C9H6O9/c10-6-13-3-5(15-6)16-8(12)18-9-2-1-4(9)14-7(11)17-9/h1-2,4-5H,3H2. The smallest absolute Gasteiger partial charge is 0.426 e. The Morgan fingerprint density at radius 1 is 1.33 bits per heavy atom. The minimum atomic E-state index is -1.59. The van der Waals surface area contributed by atoms with E-state index in [1.54, 1.807) is 0 Å². The van der Waals surface area contributed by atoms with E-state index in [2.05, 4.69) is 18.9 Å². The first-order chi connectivity index (χ1) is 8.57. The first-order valence-corrected chi connectivity index (χ1v) is 4.89. The highest BCUT2D eigenvalue weighted by Crippen LogP contribution is 2.38. The van der Waals surface area contributed by atoms with Crippen LogP contribution in [0.15, 0.2) is 12.2 Å². The summed E-state index contributed by atoms with van der Waals surface area (Å²) in [5, 5.41) is 0. The molecule has 9 nitrogen and oxygen atoms in total. The van der Waals surface area contributed by atoms with Gasteiger partial charge in [0, 0.05) is 6.08 Å². The van der Waals surface area contributed by atoms with Crippen LogP contribution in [0.4, 0.5) is 14.4 Å². The van der Waals surface area contributed by atoms with Gasteiger partial charge in [0.15, 0.2) is 6.61 Å². The van der Waals surface area contributed by atoms with Gasteiger partial charge in [0.05, 0.1) is 0 Å². The Labute approximate surface area is 99.1 Å². The van der Waals surface area contributed by atoms with Crippen molar-refractivity contribution in [1.29, 1.82) is 0 Å². The number of carbonyl (C=O) groups excluding carboxylic acids is 3. The van der Waals surface area contributed by atoms with E-state index in [0.717, 1.165) is 0 Å². The summed E-state index contributed by atoms with van der Waals surface area (Å²) in [5.74, 6) is -1.59. The molecule has 9 heteroatoms. The minimum absolute atomic E-state index is 0.226. The van der Waals surface area contributed by atoms with Gasteiger partial charge in [-0.15, -0.1) is 0 Å². The number of cyclic esters (lactones) is 2. The number of fused-ring (bicyclic) bond motifs is 1. The molecule has 1 aliphatic carbocycles. The van der Waals surface area contributed by atoms with Crippen molar-refractivity contribution in [1.82, 2.24) is 0 Å². The van der Waals surface area contributed by atoms with Crippen LogP contribution in [0.2, 0.25) is 0 Å². The molecule has 3 aliphatic rings. The molecule has 0 N–H and O–H groups in total. The van der Waals surface area contributed by atoms with Crippen LogP contribution < -0.4 is 0 Å². The zero-order valence-electron chi connectivity index (χ0n) is 8.69. The maximum atomic E-state index is 11.4. The van der Waals surface area contributed by atoms with Crippen molar-refractivity contribution in [3.8, 4) is 0 Å². The molecule has 0 aromatic rings. The lowest BCUT2D eigenvalue weighted by atomic mass is 9.99. The van der Waals surface area contributed by atoms with Gasteiger partial charge in [0.2, 0.25) is 6.10 Å². The fourth-order valence-corrected chi connectivity index (χ4v) is 1.55. The number of rotatable bonds is 2. The topological polar surface area (TPSA) is 107 Å². The number of hydrogen-bond donors (Lipinski definition) is 0. The maximum absolute atomic E-state index is 11.4. The van der Waals surface area contributed by atoms with Crippen molar-refractivity contribution in [2.75, 3.05) is 6.61 Å². The van der Waals surface area contributed by atoms with Crippen LogP contribution in [0.5, 0.6) is 0 Å². The van der Waals surface area contributed by atoms with E-state index in [-0.39, 0.29) is 6.61 Å². The summed E-state index contributed by atoms with van der Waals surface area (Å²) in [5.41, 5.74) is 0. The quantitative estimate of drug-likeness (QED) is 0.396. The Morgan fingerprint density at radius 3 is 2.72 bits per heavy atom. The lowest BCUT2D eigenvalue weighted by Crippen LogP contribution is -2.48. The average Bonchev–Trinajstić information content (AvgIpc) is 2.76. The summed E-state index contributed by atoms with van der Waals surface area (Å²) in [6.07, 6.45) is -2.22. The van der Waals surface area contributed by atoms with Gasteiger partial charge >= 0.3 is 24.3 Å². The predicted molar refractivity (Wildman–Crippen MR) is 47.0 cm³/mol. The number of ether oxygens (including phenoxy) is 6. The van der Waals surface area contributed by atoms with E-state index in [4.69, 9.17) is 9.47 Å². The summed E-state index contributed by atoms with van der Waals surface area (Å²) in [6.45, 7) is -0.226. The molecule has 0 aromatic carbocycles. The molecule has 3 rings (SSSR count). The van der Waals surface area contributed by atoms with Gasteiger partial charge in [-0.3, -0.25) is 0 Å². The molecule has 2 fully saturated rings. The minimum Gasteiger partial charge on any atom is -0.426 e. The summed E-state index contributed by atoms with van der Waals surface area (Å²) < 4.78 is 27.6. The first-order valence-electron chi connectivity index (χ1n) is 4.89. The Balaban J connectivity index is 1.57. The van der Waals surface area contributed by atoms with Gasteiger partial charge in [-0.05, 0) is 6.08 Å². The molecule has 0 bridgehead atoms. The van der Waals surface area contributed by atoms with Crippen LogP contribution in [0.3, 0.4) is 0 Å². The van der Waals surface area contributed by atoms with E-state index in [1.807, 2.05) is 0 Å². The van der Waals surface area contributed by atoms with E-state index < -0.39 is 36.6 Å².